The van der Waals surface area contributed by atoms with Gasteiger partial charge in [0.2, 0.25) is 16.4 Å². The average Bonchev–Trinajstić information content (AvgIpc) is 3.63. The summed E-state index contributed by atoms with van der Waals surface area (Å²) in [5.74, 6) is 0.458. The van der Waals surface area contributed by atoms with Gasteiger partial charge in [-0.25, -0.2) is 14.3 Å². The molecule has 2 unspecified atom stereocenters. The number of rotatable bonds is 5. The largest absolute Gasteiger partial charge is 0.438 e. The first-order valence-corrected chi connectivity index (χ1v) is 14.6. The van der Waals surface area contributed by atoms with Crippen molar-refractivity contribution in [3.8, 4) is 11.6 Å². The molecule has 2 fully saturated rings. The molecular formula is C26H24Cl3N9O5. The lowest BCUT2D eigenvalue weighted by Gasteiger charge is -2.23. The first-order valence-electron chi connectivity index (χ1n) is 13.5. The van der Waals surface area contributed by atoms with Crippen molar-refractivity contribution in [1.82, 2.24) is 39.5 Å². The number of hydrogen-bond donors (Lipinski definition) is 0. The van der Waals surface area contributed by atoms with Crippen molar-refractivity contribution < 1.29 is 19.1 Å². The standard InChI is InChI=1S/C16H14ClN5O4.C10H10Cl2N4O/c17-16-19-14-12(9-18-21(14)13-6-1-2-7-25-13)15(20-16)26-11-5-3-4-10(8-11)22(23)24;11-8-6-5-13-16(7-3-1-2-4-17-7)9(6)15-10(12)14-8/h3-5,8-9,13H,1-2,6-7H2;5,7H,1-4H2. The summed E-state index contributed by atoms with van der Waals surface area (Å²) in [5, 5.41) is 21.2. The first-order chi connectivity index (χ1) is 20.9. The minimum absolute atomic E-state index is 0.00418. The van der Waals surface area contributed by atoms with E-state index in [1.807, 2.05) is 0 Å². The predicted octanol–water partition coefficient (Wildman–Crippen LogP) is 6.71. The quantitative estimate of drug-likeness (QED) is 0.0862. The zero-order valence-corrected chi connectivity index (χ0v) is 24.7. The summed E-state index contributed by atoms with van der Waals surface area (Å²) in [6.45, 7) is 1.42. The van der Waals surface area contributed by atoms with Gasteiger partial charge in [-0.05, 0) is 67.8 Å². The van der Waals surface area contributed by atoms with Gasteiger partial charge < -0.3 is 14.2 Å². The highest BCUT2D eigenvalue weighted by Gasteiger charge is 2.23. The predicted molar refractivity (Wildman–Crippen MR) is 157 cm³/mol. The summed E-state index contributed by atoms with van der Waals surface area (Å²) in [4.78, 5) is 26.8. The molecule has 0 aliphatic carbocycles. The minimum atomic E-state index is -0.492. The highest BCUT2D eigenvalue weighted by Crippen LogP contribution is 2.33. The average molecular weight is 649 g/mol. The van der Waals surface area contributed by atoms with Crippen LogP contribution in [0.1, 0.15) is 51.0 Å². The van der Waals surface area contributed by atoms with E-state index >= 15 is 0 Å². The molecule has 7 rings (SSSR count). The number of benzene rings is 1. The van der Waals surface area contributed by atoms with Crippen LogP contribution in [0.4, 0.5) is 5.69 Å². The Labute approximate surface area is 259 Å². The molecule has 0 bridgehead atoms. The van der Waals surface area contributed by atoms with Gasteiger partial charge in [-0.2, -0.15) is 25.1 Å². The SMILES string of the molecule is Clc1nc(Cl)c2cnn(C3CCCCO3)c2n1.O=[N+]([O-])c1cccc(Oc2nc(Cl)nc3c2cnn3C2CCCCO2)c1. The molecular weight excluding hydrogens is 625 g/mol. The molecule has 2 aliphatic heterocycles. The maximum atomic E-state index is 10.9. The Morgan fingerprint density at radius 1 is 0.837 bits per heavy atom. The van der Waals surface area contributed by atoms with E-state index in [0.717, 1.165) is 45.1 Å². The van der Waals surface area contributed by atoms with Crippen LogP contribution in [-0.4, -0.2) is 57.6 Å². The number of nitrogens with zero attached hydrogens (tertiary/aromatic N) is 9. The Balaban J connectivity index is 0.000000167. The molecule has 4 aromatic heterocycles. The van der Waals surface area contributed by atoms with E-state index in [2.05, 4.69) is 30.1 Å². The van der Waals surface area contributed by atoms with E-state index in [1.165, 1.54) is 18.2 Å². The summed E-state index contributed by atoms with van der Waals surface area (Å²) < 4.78 is 20.5. The molecule has 2 atom stereocenters. The minimum Gasteiger partial charge on any atom is -0.438 e. The Bertz CT molecular complexity index is 1770. The Hall–Kier alpha value is -3.69. The van der Waals surface area contributed by atoms with Crippen LogP contribution >= 0.6 is 34.8 Å². The van der Waals surface area contributed by atoms with E-state index in [4.69, 9.17) is 49.0 Å². The molecule has 0 saturated carbocycles. The molecule has 2 aliphatic rings. The number of non-ortho nitro benzene ring substituents is 1. The lowest BCUT2D eigenvalue weighted by Crippen LogP contribution is -2.19. The Morgan fingerprint density at radius 3 is 2.05 bits per heavy atom. The third-order valence-corrected chi connectivity index (χ3v) is 7.50. The van der Waals surface area contributed by atoms with E-state index < -0.39 is 4.92 Å². The van der Waals surface area contributed by atoms with Crippen molar-refractivity contribution in [1.29, 1.82) is 0 Å². The van der Waals surface area contributed by atoms with E-state index in [9.17, 15) is 10.1 Å². The summed E-state index contributed by atoms with van der Waals surface area (Å²) in [5.41, 5.74) is 1.05. The van der Waals surface area contributed by atoms with Crippen LogP contribution in [0, 0.1) is 10.1 Å². The van der Waals surface area contributed by atoms with Crippen molar-refractivity contribution in [2.24, 2.45) is 0 Å². The fourth-order valence-corrected chi connectivity index (χ4v) is 5.42. The number of fused-ring (bicyclic) bond motifs is 2. The van der Waals surface area contributed by atoms with Gasteiger partial charge in [0, 0.05) is 19.3 Å². The fourth-order valence-electron chi connectivity index (χ4n) is 4.85. The highest BCUT2D eigenvalue weighted by atomic mass is 35.5. The summed E-state index contributed by atoms with van der Waals surface area (Å²) in [6.07, 6.45) is 8.97. The smallest absolute Gasteiger partial charge is 0.273 e. The molecule has 5 aromatic rings. The summed E-state index contributed by atoms with van der Waals surface area (Å²) >= 11 is 17.8. The lowest BCUT2D eigenvalue weighted by atomic mass is 10.2. The monoisotopic (exact) mass is 647 g/mol. The van der Waals surface area contributed by atoms with Gasteiger partial charge in [-0.3, -0.25) is 10.1 Å². The van der Waals surface area contributed by atoms with Crippen LogP contribution in [0.3, 0.4) is 0 Å². The third kappa shape index (κ3) is 6.48. The van der Waals surface area contributed by atoms with Crippen molar-refractivity contribution >= 4 is 62.6 Å². The van der Waals surface area contributed by atoms with Gasteiger partial charge in [-0.1, -0.05) is 17.7 Å². The van der Waals surface area contributed by atoms with Crippen molar-refractivity contribution in [3.63, 3.8) is 0 Å². The van der Waals surface area contributed by atoms with Crippen molar-refractivity contribution in [2.45, 2.75) is 51.0 Å². The molecule has 17 heteroatoms. The van der Waals surface area contributed by atoms with E-state index in [1.54, 1.807) is 27.8 Å². The topological polar surface area (TPSA) is 158 Å². The normalized spacial score (nSPS) is 18.8. The molecule has 1 aromatic carbocycles. The van der Waals surface area contributed by atoms with E-state index in [-0.39, 0.29) is 40.3 Å². The number of aromatic nitrogens is 8. The van der Waals surface area contributed by atoms with Gasteiger partial charge in [-0.15, -0.1) is 0 Å². The van der Waals surface area contributed by atoms with Crippen LogP contribution in [0.25, 0.3) is 22.1 Å². The number of nitro benzene ring substituents is 1. The maximum absolute atomic E-state index is 10.9. The van der Waals surface area contributed by atoms with Crippen LogP contribution in [0.15, 0.2) is 36.7 Å². The van der Waals surface area contributed by atoms with Gasteiger partial charge in [0.25, 0.3) is 5.69 Å². The molecule has 2 saturated heterocycles. The maximum Gasteiger partial charge on any atom is 0.273 e. The van der Waals surface area contributed by atoms with Crippen LogP contribution < -0.4 is 4.74 Å². The lowest BCUT2D eigenvalue weighted by molar-refractivity contribution is -0.384. The second kappa shape index (κ2) is 12.9. The highest BCUT2D eigenvalue weighted by molar-refractivity contribution is 6.35. The van der Waals surface area contributed by atoms with Crippen LogP contribution in [0.5, 0.6) is 11.6 Å². The number of nitro groups is 1. The Morgan fingerprint density at radius 2 is 1.44 bits per heavy atom. The molecule has 0 radical (unpaired) electrons. The van der Waals surface area contributed by atoms with E-state index in [0.29, 0.717) is 33.8 Å². The molecule has 6 heterocycles. The summed E-state index contributed by atoms with van der Waals surface area (Å²) in [7, 11) is 0. The molecule has 14 nitrogen and oxygen atoms in total. The zero-order chi connectivity index (χ0) is 29.9. The van der Waals surface area contributed by atoms with Crippen LogP contribution in [-0.2, 0) is 9.47 Å². The van der Waals surface area contributed by atoms with Gasteiger partial charge in [0.1, 0.15) is 16.3 Å². The fraction of sp³-hybridized carbons (Fsp3) is 0.385. The molecule has 224 valence electrons. The van der Waals surface area contributed by atoms with Crippen molar-refractivity contribution in [2.75, 3.05) is 13.2 Å². The second-order valence-electron chi connectivity index (χ2n) is 9.73. The molecule has 0 N–H and O–H groups in total. The van der Waals surface area contributed by atoms with Gasteiger partial charge >= 0.3 is 0 Å². The second-order valence-corrected chi connectivity index (χ2v) is 10.8. The molecule has 0 amide bonds. The van der Waals surface area contributed by atoms with Gasteiger partial charge in [0.05, 0.1) is 28.8 Å². The first kappa shape index (κ1) is 29.4. The van der Waals surface area contributed by atoms with Crippen LogP contribution in [0.2, 0.25) is 15.7 Å². The molecule has 43 heavy (non-hydrogen) atoms. The van der Waals surface area contributed by atoms with Gasteiger partial charge in [0.15, 0.2) is 23.8 Å². The molecule has 0 spiro atoms. The number of halogens is 3. The Kier molecular flexibility index (Phi) is 8.81. The summed E-state index contributed by atoms with van der Waals surface area (Å²) in [6, 6.07) is 5.83. The third-order valence-electron chi connectivity index (χ3n) is 6.87. The number of hydrogen-bond acceptors (Lipinski definition) is 11. The zero-order valence-electron chi connectivity index (χ0n) is 22.5. The number of ether oxygens (including phenoxy) is 3. The van der Waals surface area contributed by atoms with Crippen molar-refractivity contribution in [3.05, 3.63) is 62.5 Å².